The van der Waals surface area contributed by atoms with Gasteiger partial charge in [0.05, 0.1) is 12.8 Å². The van der Waals surface area contributed by atoms with Crippen molar-refractivity contribution >= 4 is 29.0 Å². The van der Waals surface area contributed by atoms with Gasteiger partial charge in [0.1, 0.15) is 23.6 Å². The predicted molar refractivity (Wildman–Crippen MR) is 105 cm³/mol. The number of methoxy groups -OCH3 is 1. The molecule has 0 saturated carbocycles. The van der Waals surface area contributed by atoms with Gasteiger partial charge in [-0.2, -0.15) is 0 Å². The number of carbonyl (C=O) groups excluding carboxylic acids is 1. The molecule has 6 nitrogen and oxygen atoms in total. The van der Waals surface area contributed by atoms with Crippen LogP contribution in [0.4, 0.5) is 11.5 Å². The van der Waals surface area contributed by atoms with E-state index >= 15 is 0 Å². The minimum Gasteiger partial charge on any atom is -0.495 e. The first-order chi connectivity index (χ1) is 12.5. The molecule has 0 aliphatic carbocycles. The van der Waals surface area contributed by atoms with Crippen molar-refractivity contribution in [3.63, 3.8) is 0 Å². The molecular formula is C19H25ClN4O2. The fraction of sp³-hybridized carbons (Fsp3) is 0.421. The van der Waals surface area contributed by atoms with Crippen molar-refractivity contribution in [2.75, 3.05) is 25.5 Å². The van der Waals surface area contributed by atoms with Crippen LogP contribution in [0.15, 0.2) is 24.5 Å². The highest BCUT2D eigenvalue weighted by Crippen LogP contribution is 2.32. The van der Waals surface area contributed by atoms with Gasteiger partial charge in [-0.15, -0.1) is 0 Å². The number of benzene rings is 1. The van der Waals surface area contributed by atoms with E-state index in [9.17, 15) is 4.79 Å². The van der Waals surface area contributed by atoms with Crippen molar-refractivity contribution in [2.24, 2.45) is 0 Å². The summed E-state index contributed by atoms with van der Waals surface area (Å²) in [7, 11) is 1.58. The molecule has 0 atom stereocenters. The summed E-state index contributed by atoms with van der Waals surface area (Å²) in [5.41, 5.74) is 2.01. The molecule has 26 heavy (non-hydrogen) atoms. The van der Waals surface area contributed by atoms with Crippen molar-refractivity contribution in [3.8, 4) is 5.75 Å². The Bertz CT molecular complexity index is 761. The normalized spacial score (nSPS) is 10.5. The molecule has 2 rings (SSSR count). The molecule has 7 heteroatoms. The Morgan fingerprint density at radius 3 is 2.50 bits per heavy atom. The fourth-order valence-electron chi connectivity index (χ4n) is 2.63. The monoisotopic (exact) mass is 376 g/mol. The van der Waals surface area contributed by atoms with Crippen molar-refractivity contribution in [3.05, 3.63) is 40.8 Å². The Morgan fingerprint density at radius 2 is 1.88 bits per heavy atom. The second-order valence-corrected chi connectivity index (χ2v) is 6.41. The Balaban J connectivity index is 2.27. The molecule has 0 spiro atoms. The first-order valence-corrected chi connectivity index (χ1v) is 9.10. The molecule has 1 amide bonds. The van der Waals surface area contributed by atoms with E-state index in [0.29, 0.717) is 35.4 Å². The van der Waals surface area contributed by atoms with Crippen molar-refractivity contribution < 1.29 is 9.53 Å². The van der Waals surface area contributed by atoms with Gasteiger partial charge in [-0.3, -0.25) is 4.79 Å². The number of ether oxygens (including phenoxy) is 1. The summed E-state index contributed by atoms with van der Waals surface area (Å²) in [6.45, 7) is 7.44. The van der Waals surface area contributed by atoms with Gasteiger partial charge in [0.25, 0.3) is 5.91 Å². The molecule has 1 heterocycles. The van der Waals surface area contributed by atoms with Crippen LogP contribution in [0.5, 0.6) is 5.75 Å². The molecule has 0 aliphatic heterocycles. The van der Waals surface area contributed by atoms with Crippen molar-refractivity contribution in [2.45, 2.75) is 33.6 Å². The zero-order valence-corrected chi connectivity index (χ0v) is 16.4. The van der Waals surface area contributed by atoms with Crippen LogP contribution < -0.4 is 10.1 Å². The fourth-order valence-corrected chi connectivity index (χ4v) is 2.78. The molecular weight excluding hydrogens is 352 g/mol. The molecule has 1 aromatic heterocycles. The highest BCUT2D eigenvalue weighted by Gasteiger charge is 2.17. The lowest BCUT2D eigenvalue weighted by Gasteiger charge is -2.21. The van der Waals surface area contributed by atoms with Gasteiger partial charge in [0, 0.05) is 30.2 Å². The maximum atomic E-state index is 12.7. The molecule has 0 saturated heterocycles. The number of nitrogens with zero attached hydrogens (tertiary/aromatic N) is 3. The number of amides is 1. The topological polar surface area (TPSA) is 67.4 Å². The Hall–Kier alpha value is -2.34. The van der Waals surface area contributed by atoms with E-state index in [1.54, 1.807) is 19.2 Å². The number of aromatic nitrogens is 2. The van der Waals surface area contributed by atoms with Gasteiger partial charge in [-0.05, 0) is 31.4 Å². The molecule has 2 aromatic rings. The molecule has 0 fully saturated rings. The second kappa shape index (κ2) is 9.38. The Morgan fingerprint density at radius 1 is 1.19 bits per heavy atom. The number of hydrogen-bond donors (Lipinski definition) is 1. The smallest absolute Gasteiger partial charge is 0.272 e. The molecule has 1 N–H and O–H groups in total. The highest BCUT2D eigenvalue weighted by atomic mass is 35.5. The van der Waals surface area contributed by atoms with Crippen molar-refractivity contribution in [1.29, 1.82) is 0 Å². The van der Waals surface area contributed by atoms with E-state index in [0.717, 1.165) is 24.1 Å². The van der Waals surface area contributed by atoms with E-state index in [1.807, 2.05) is 17.9 Å². The van der Waals surface area contributed by atoms with Crippen LogP contribution >= 0.6 is 11.6 Å². The maximum Gasteiger partial charge on any atom is 0.272 e. The van der Waals surface area contributed by atoms with Crippen LogP contribution in [0.3, 0.4) is 0 Å². The number of aryl methyl sites for hydroxylation is 1. The first kappa shape index (κ1) is 20.0. The van der Waals surface area contributed by atoms with Crippen LogP contribution in [0.25, 0.3) is 0 Å². The Labute approximate surface area is 159 Å². The number of carbonyl (C=O) groups is 1. The second-order valence-electron chi connectivity index (χ2n) is 6.01. The third-order valence-corrected chi connectivity index (χ3v) is 4.31. The number of nitrogens with one attached hydrogen (secondary N) is 1. The van der Waals surface area contributed by atoms with E-state index in [2.05, 4.69) is 29.1 Å². The quantitative estimate of drug-likeness (QED) is 0.737. The van der Waals surface area contributed by atoms with E-state index in [1.165, 1.54) is 6.33 Å². The molecule has 0 aliphatic rings. The van der Waals surface area contributed by atoms with Gasteiger partial charge in [-0.1, -0.05) is 25.4 Å². The van der Waals surface area contributed by atoms with Gasteiger partial charge in [0.2, 0.25) is 0 Å². The number of anilines is 2. The summed E-state index contributed by atoms with van der Waals surface area (Å²) >= 11 is 6.14. The maximum absolute atomic E-state index is 12.7. The number of rotatable bonds is 8. The number of halogens is 1. The zero-order chi connectivity index (χ0) is 19.1. The summed E-state index contributed by atoms with van der Waals surface area (Å²) in [4.78, 5) is 22.9. The van der Waals surface area contributed by atoms with Crippen LogP contribution in [0.2, 0.25) is 5.02 Å². The number of hydrogen-bond acceptors (Lipinski definition) is 5. The average molecular weight is 377 g/mol. The molecule has 0 radical (unpaired) electrons. The van der Waals surface area contributed by atoms with Gasteiger partial charge < -0.3 is 15.0 Å². The molecule has 1 aromatic carbocycles. The lowest BCUT2D eigenvalue weighted by molar-refractivity contribution is 0.0749. The van der Waals surface area contributed by atoms with Gasteiger partial charge >= 0.3 is 0 Å². The van der Waals surface area contributed by atoms with Gasteiger partial charge in [0.15, 0.2) is 0 Å². The summed E-state index contributed by atoms with van der Waals surface area (Å²) in [6.07, 6.45) is 3.20. The minimum absolute atomic E-state index is 0.0848. The van der Waals surface area contributed by atoms with Crippen LogP contribution in [0, 0.1) is 6.92 Å². The van der Waals surface area contributed by atoms with E-state index < -0.39 is 0 Å². The largest absolute Gasteiger partial charge is 0.495 e. The summed E-state index contributed by atoms with van der Waals surface area (Å²) in [6, 6.07) is 5.28. The van der Waals surface area contributed by atoms with Crippen LogP contribution in [-0.2, 0) is 0 Å². The standard InChI is InChI=1S/C19H25ClN4O2/c1-5-7-24(8-6-2)19(25)16-11-18(22-12-21-16)23-15-9-13(3)14(20)10-17(15)26-4/h9-12H,5-8H2,1-4H3,(H,21,22,23). The van der Waals surface area contributed by atoms with Crippen molar-refractivity contribution in [1.82, 2.24) is 14.9 Å². The summed E-state index contributed by atoms with van der Waals surface area (Å²) in [5, 5.41) is 3.81. The predicted octanol–water partition coefficient (Wildman–Crippen LogP) is 4.45. The van der Waals surface area contributed by atoms with E-state index in [-0.39, 0.29) is 5.91 Å². The SMILES string of the molecule is CCCN(CCC)C(=O)c1cc(Nc2cc(C)c(Cl)cc2OC)ncn1. The van der Waals surface area contributed by atoms with E-state index in [4.69, 9.17) is 16.3 Å². The third kappa shape index (κ3) is 4.85. The third-order valence-electron chi connectivity index (χ3n) is 3.90. The zero-order valence-electron chi connectivity index (χ0n) is 15.7. The Kier molecular flexibility index (Phi) is 7.21. The molecule has 0 bridgehead atoms. The average Bonchev–Trinajstić information content (AvgIpc) is 2.64. The molecule has 0 unspecified atom stereocenters. The highest BCUT2D eigenvalue weighted by molar-refractivity contribution is 6.31. The lowest BCUT2D eigenvalue weighted by Crippen LogP contribution is -2.33. The van der Waals surface area contributed by atoms with Crippen LogP contribution in [0.1, 0.15) is 42.7 Å². The minimum atomic E-state index is -0.0848. The first-order valence-electron chi connectivity index (χ1n) is 8.72. The summed E-state index contributed by atoms with van der Waals surface area (Å²) < 4.78 is 5.37. The summed E-state index contributed by atoms with van der Waals surface area (Å²) in [5.74, 6) is 1.04. The lowest BCUT2D eigenvalue weighted by atomic mass is 10.2. The van der Waals surface area contributed by atoms with Crippen LogP contribution in [-0.4, -0.2) is 41.0 Å². The molecule has 140 valence electrons. The van der Waals surface area contributed by atoms with Gasteiger partial charge in [-0.25, -0.2) is 9.97 Å².